The van der Waals surface area contributed by atoms with Crippen LogP contribution in [0.15, 0.2) is 40.3 Å². The Hall–Kier alpha value is -1.75. The molecule has 0 unspecified atom stereocenters. The SMILES string of the molecule is CC(C)c1ccc(Sc2cc(N)nc(N)n2)cc1. The molecule has 2 aromatic rings. The molecule has 2 rings (SSSR count). The molecule has 0 aliphatic rings. The van der Waals surface area contributed by atoms with E-state index in [1.54, 1.807) is 6.07 Å². The number of hydrogen-bond donors (Lipinski definition) is 2. The van der Waals surface area contributed by atoms with Gasteiger partial charge in [-0.25, -0.2) is 4.98 Å². The van der Waals surface area contributed by atoms with Crippen molar-refractivity contribution in [3.8, 4) is 0 Å². The lowest BCUT2D eigenvalue weighted by Crippen LogP contribution is -1.99. The Morgan fingerprint density at radius 3 is 2.28 bits per heavy atom. The average molecular weight is 260 g/mol. The van der Waals surface area contributed by atoms with E-state index in [4.69, 9.17) is 11.5 Å². The van der Waals surface area contributed by atoms with Crippen LogP contribution < -0.4 is 11.5 Å². The number of aromatic nitrogens is 2. The van der Waals surface area contributed by atoms with E-state index in [0.717, 1.165) is 9.92 Å². The van der Waals surface area contributed by atoms with Crippen molar-refractivity contribution in [1.82, 2.24) is 9.97 Å². The Balaban J connectivity index is 2.18. The second-order valence-corrected chi connectivity index (χ2v) is 5.41. The van der Waals surface area contributed by atoms with E-state index in [-0.39, 0.29) is 5.95 Å². The van der Waals surface area contributed by atoms with Gasteiger partial charge in [0, 0.05) is 11.0 Å². The number of nitrogens with zero attached hydrogens (tertiary/aromatic N) is 2. The van der Waals surface area contributed by atoms with Crippen molar-refractivity contribution in [2.45, 2.75) is 29.7 Å². The fourth-order valence-corrected chi connectivity index (χ4v) is 2.39. The molecule has 1 heterocycles. The fourth-order valence-electron chi connectivity index (χ4n) is 1.56. The average Bonchev–Trinajstić information content (AvgIpc) is 2.28. The summed E-state index contributed by atoms with van der Waals surface area (Å²) in [7, 11) is 0. The van der Waals surface area contributed by atoms with Crippen LogP contribution >= 0.6 is 11.8 Å². The van der Waals surface area contributed by atoms with Crippen molar-refractivity contribution < 1.29 is 0 Å². The molecule has 0 bridgehead atoms. The van der Waals surface area contributed by atoms with Crippen molar-refractivity contribution >= 4 is 23.5 Å². The van der Waals surface area contributed by atoms with Crippen LogP contribution in [0.2, 0.25) is 0 Å². The molecule has 0 saturated carbocycles. The van der Waals surface area contributed by atoms with Crippen molar-refractivity contribution in [2.75, 3.05) is 11.5 Å². The monoisotopic (exact) mass is 260 g/mol. The summed E-state index contributed by atoms with van der Waals surface area (Å²) in [6.07, 6.45) is 0. The van der Waals surface area contributed by atoms with Gasteiger partial charge in [-0.2, -0.15) is 4.98 Å². The molecule has 18 heavy (non-hydrogen) atoms. The van der Waals surface area contributed by atoms with E-state index in [0.29, 0.717) is 11.7 Å². The van der Waals surface area contributed by atoms with Crippen LogP contribution in [-0.4, -0.2) is 9.97 Å². The first kappa shape index (κ1) is 12.7. The van der Waals surface area contributed by atoms with Gasteiger partial charge in [0.1, 0.15) is 10.8 Å². The molecule has 0 aliphatic heterocycles. The third-order valence-electron chi connectivity index (χ3n) is 2.51. The summed E-state index contributed by atoms with van der Waals surface area (Å²) in [6, 6.07) is 10.1. The second kappa shape index (κ2) is 5.27. The van der Waals surface area contributed by atoms with Crippen molar-refractivity contribution in [3.63, 3.8) is 0 Å². The quantitative estimate of drug-likeness (QED) is 0.830. The molecule has 0 atom stereocenters. The number of hydrogen-bond acceptors (Lipinski definition) is 5. The van der Waals surface area contributed by atoms with Gasteiger partial charge in [-0.15, -0.1) is 0 Å². The van der Waals surface area contributed by atoms with E-state index < -0.39 is 0 Å². The summed E-state index contributed by atoms with van der Waals surface area (Å²) in [5, 5.41) is 0.761. The van der Waals surface area contributed by atoms with Crippen molar-refractivity contribution in [3.05, 3.63) is 35.9 Å². The minimum Gasteiger partial charge on any atom is -0.383 e. The number of benzene rings is 1. The van der Waals surface area contributed by atoms with Crippen LogP contribution in [0.3, 0.4) is 0 Å². The molecule has 0 radical (unpaired) electrons. The molecule has 5 heteroatoms. The lowest BCUT2D eigenvalue weighted by molar-refractivity contribution is 0.865. The molecule has 4 nitrogen and oxygen atoms in total. The van der Waals surface area contributed by atoms with Gasteiger partial charge in [-0.3, -0.25) is 0 Å². The number of rotatable bonds is 3. The maximum atomic E-state index is 5.63. The summed E-state index contributed by atoms with van der Waals surface area (Å²) in [4.78, 5) is 9.09. The minimum atomic E-state index is 0.205. The highest BCUT2D eigenvalue weighted by atomic mass is 32.2. The Bertz CT molecular complexity index is 517. The van der Waals surface area contributed by atoms with Crippen molar-refractivity contribution in [2.24, 2.45) is 0 Å². The lowest BCUT2D eigenvalue weighted by Gasteiger charge is -2.07. The lowest BCUT2D eigenvalue weighted by atomic mass is 10.0. The molecular weight excluding hydrogens is 244 g/mol. The first-order valence-corrected chi connectivity index (χ1v) is 6.54. The zero-order valence-corrected chi connectivity index (χ0v) is 11.2. The third-order valence-corrected chi connectivity index (χ3v) is 3.44. The van der Waals surface area contributed by atoms with Gasteiger partial charge in [0.25, 0.3) is 0 Å². The largest absolute Gasteiger partial charge is 0.383 e. The Labute approximate surface area is 111 Å². The van der Waals surface area contributed by atoms with Crippen LogP contribution in [0.5, 0.6) is 0 Å². The summed E-state index contributed by atoms with van der Waals surface area (Å²) >= 11 is 1.53. The van der Waals surface area contributed by atoms with Crippen LogP contribution in [0, 0.1) is 0 Å². The first-order valence-electron chi connectivity index (χ1n) is 5.72. The molecule has 1 aromatic heterocycles. The van der Waals surface area contributed by atoms with E-state index in [9.17, 15) is 0 Å². The van der Waals surface area contributed by atoms with E-state index >= 15 is 0 Å². The molecule has 94 valence electrons. The van der Waals surface area contributed by atoms with Crippen LogP contribution in [-0.2, 0) is 0 Å². The van der Waals surface area contributed by atoms with Gasteiger partial charge in [0.15, 0.2) is 0 Å². The van der Waals surface area contributed by atoms with Gasteiger partial charge in [-0.05, 0) is 23.6 Å². The third kappa shape index (κ3) is 3.13. The van der Waals surface area contributed by atoms with Crippen molar-refractivity contribution in [1.29, 1.82) is 0 Å². The normalized spacial score (nSPS) is 10.8. The number of nitrogens with two attached hydrogens (primary N) is 2. The summed E-state index contributed by atoms with van der Waals surface area (Å²) in [5.74, 6) is 1.13. The topological polar surface area (TPSA) is 77.8 Å². The van der Waals surface area contributed by atoms with Gasteiger partial charge in [0.2, 0.25) is 5.95 Å². The van der Waals surface area contributed by atoms with Gasteiger partial charge >= 0.3 is 0 Å². The highest BCUT2D eigenvalue weighted by Gasteiger charge is 2.04. The zero-order chi connectivity index (χ0) is 13.1. The van der Waals surface area contributed by atoms with Gasteiger partial charge < -0.3 is 11.5 Å². The zero-order valence-electron chi connectivity index (χ0n) is 10.4. The van der Waals surface area contributed by atoms with Gasteiger partial charge in [-0.1, -0.05) is 37.7 Å². The standard InChI is InChI=1S/C13H16N4S/c1-8(2)9-3-5-10(6-4-9)18-12-7-11(14)16-13(15)17-12/h3-8H,1-2H3,(H4,14,15,16,17). The predicted octanol–water partition coefficient (Wildman–Crippen LogP) is 2.92. The molecule has 0 amide bonds. The van der Waals surface area contributed by atoms with Gasteiger partial charge in [0.05, 0.1) is 0 Å². The van der Waals surface area contributed by atoms with Crippen LogP contribution in [0.4, 0.5) is 11.8 Å². The van der Waals surface area contributed by atoms with Crippen LogP contribution in [0.1, 0.15) is 25.3 Å². The summed E-state index contributed by atoms with van der Waals surface area (Å²) < 4.78 is 0. The number of nitrogen functional groups attached to an aromatic ring is 2. The summed E-state index contributed by atoms with van der Waals surface area (Å²) in [5.41, 5.74) is 12.5. The minimum absolute atomic E-state index is 0.205. The smallest absolute Gasteiger partial charge is 0.223 e. The van der Waals surface area contributed by atoms with E-state index in [1.807, 2.05) is 0 Å². The summed E-state index contributed by atoms with van der Waals surface area (Å²) in [6.45, 7) is 4.35. The maximum absolute atomic E-state index is 5.63. The molecule has 0 aliphatic carbocycles. The Kier molecular flexibility index (Phi) is 3.72. The highest BCUT2D eigenvalue weighted by molar-refractivity contribution is 7.99. The first-order chi connectivity index (χ1) is 8.54. The fraction of sp³-hybridized carbons (Fsp3) is 0.231. The maximum Gasteiger partial charge on any atom is 0.223 e. The van der Waals surface area contributed by atoms with E-state index in [2.05, 4.69) is 48.1 Å². The highest BCUT2D eigenvalue weighted by Crippen LogP contribution is 2.28. The Morgan fingerprint density at radius 2 is 1.72 bits per heavy atom. The molecule has 0 fully saturated rings. The second-order valence-electron chi connectivity index (χ2n) is 4.32. The molecule has 1 aromatic carbocycles. The van der Waals surface area contributed by atoms with Crippen LogP contribution in [0.25, 0.3) is 0 Å². The number of anilines is 2. The van der Waals surface area contributed by atoms with E-state index in [1.165, 1.54) is 17.3 Å². The molecule has 0 saturated heterocycles. The molecular formula is C13H16N4S. The molecule has 0 spiro atoms. The molecule has 4 N–H and O–H groups in total. The Morgan fingerprint density at radius 1 is 1.06 bits per heavy atom. The predicted molar refractivity (Wildman–Crippen MR) is 75.5 cm³/mol.